The van der Waals surface area contributed by atoms with Crippen LogP contribution in [0.15, 0.2) is 36.5 Å². The summed E-state index contributed by atoms with van der Waals surface area (Å²) in [5.74, 6) is 0. The standard InChI is InChI=1S/C13H15N3O/c1-9(2)15-13(17)16-11-7-3-5-10-6-4-8-14-12(10)11/h3-9H,1-2H3,(H2,15,16,17). The van der Waals surface area contributed by atoms with Crippen molar-refractivity contribution in [2.45, 2.75) is 19.9 Å². The second-order valence-corrected chi connectivity index (χ2v) is 4.13. The van der Waals surface area contributed by atoms with E-state index in [1.54, 1.807) is 6.20 Å². The molecule has 0 aliphatic rings. The fourth-order valence-corrected chi connectivity index (χ4v) is 1.63. The number of hydrogen-bond donors (Lipinski definition) is 2. The van der Waals surface area contributed by atoms with Gasteiger partial charge in [0.25, 0.3) is 0 Å². The highest BCUT2D eigenvalue weighted by molar-refractivity contribution is 5.99. The number of pyridine rings is 1. The Morgan fingerprint density at radius 2 is 2.00 bits per heavy atom. The molecule has 0 spiro atoms. The maximum atomic E-state index is 11.6. The average Bonchev–Trinajstić information content (AvgIpc) is 2.28. The first kappa shape index (κ1) is 11.4. The summed E-state index contributed by atoms with van der Waals surface area (Å²) in [5, 5.41) is 6.59. The van der Waals surface area contributed by atoms with Gasteiger partial charge in [0.05, 0.1) is 11.2 Å². The van der Waals surface area contributed by atoms with Gasteiger partial charge in [0, 0.05) is 17.6 Å². The minimum Gasteiger partial charge on any atom is -0.336 e. The molecule has 0 aliphatic carbocycles. The molecule has 2 N–H and O–H groups in total. The lowest BCUT2D eigenvalue weighted by Crippen LogP contribution is -2.34. The van der Waals surface area contributed by atoms with Crippen molar-refractivity contribution < 1.29 is 4.79 Å². The summed E-state index contributed by atoms with van der Waals surface area (Å²) in [4.78, 5) is 15.9. The molecule has 0 aliphatic heterocycles. The second-order valence-electron chi connectivity index (χ2n) is 4.13. The first-order chi connectivity index (χ1) is 8.16. The molecule has 1 heterocycles. The third-order valence-corrected chi connectivity index (χ3v) is 2.30. The number of anilines is 1. The Bertz CT molecular complexity index is 532. The van der Waals surface area contributed by atoms with Gasteiger partial charge in [-0.3, -0.25) is 4.98 Å². The van der Waals surface area contributed by atoms with Gasteiger partial charge in [-0.2, -0.15) is 0 Å². The van der Waals surface area contributed by atoms with Gasteiger partial charge in [-0.05, 0) is 26.0 Å². The smallest absolute Gasteiger partial charge is 0.319 e. The molecule has 0 fully saturated rings. The van der Waals surface area contributed by atoms with Gasteiger partial charge in [-0.15, -0.1) is 0 Å². The Hall–Kier alpha value is -2.10. The van der Waals surface area contributed by atoms with Crippen molar-refractivity contribution in [2.24, 2.45) is 0 Å². The molecule has 0 unspecified atom stereocenters. The zero-order valence-corrected chi connectivity index (χ0v) is 9.90. The number of carbonyl (C=O) groups excluding carboxylic acids is 1. The number of amides is 2. The van der Waals surface area contributed by atoms with E-state index in [1.807, 2.05) is 44.2 Å². The molecule has 17 heavy (non-hydrogen) atoms. The van der Waals surface area contributed by atoms with Gasteiger partial charge >= 0.3 is 6.03 Å². The van der Waals surface area contributed by atoms with Crippen LogP contribution < -0.4 is 10.6 Å². The highest BCUT2D eigenvalue weighted by Gasteiger charge is 2.06. The summed E-state index contributed by atoms with van der Waals surface area (Å²) in [6, 6.07) is 9.45. The summed E-state index contributed by atoms with van der Waals surface area (Å²) in [6.45, 7) is 3.84. The SMILES string of the molecule is CC(C)NC(=O)Nc1cccc2cccnc12. The monoisotopic (exact) mass is 229 g/mol. The van der Waals surface area contributed by atoms with Crippen LogP contribution in [0.5, 0.6) is 0 Å². The van der Waals surface area contributed by atoms with Crippen molar-refractivity contribution in [2.75, 3.05) is 5.32 Å². The average molecular weight is 229 g/mol. The molecule has 2 rings (SSSR count). The predicted octanol–water partition coefficient (Wildman–Crippen LogP) is 2.76. The van der Waals surface area contributed by atoms with E-state index in [1.165, 1.54) is 0 Å². The number of carbonyl (C=O) groups is 1. The highest BCUT2D eigenvalue weighted by Crippen LogP contribution is 2.20. The maximum absolute atomic E-state index is 11.6. The predicted molar refractivity (Wildman–Crippen MR) is 69.0 cm³/mol. The number of para-hydroxylation sites is 1. The Morgan fingerprint density at radius 3 is 2.76 bits per heavy atom. The number of nitrogens with zero attached hydrogens (tertiary/aromatic N) is 1. The van der Waals surface area contributed by atoms with Gasteiger partial charge < -0.3 is 10.6 Å². The number of hydrogen-bond acceptors (Lipinski definition) is 2. The molecule has 0 atom stereocenters. The summed E-state index contributed by atoms with van der Waals surface area (Å²) < 4.78 is 0. The number of fused-ring (bicyclic) bond motifs is 1. The van der Waals surface area contributed by atoms with Crippen molar-refractivity contribution in [3.8, 4) is 0 Å². The van der Waals surface area contributed by atoms with Crippen molar-refractivity contribution >= 4 is 22.6 Å². The number of nitrogens with one attached hydrogen (secondary N) is 2. The van der Waals surface area contributed by atoms with E-state index in [-0.39, 0.29) is 12.1 Å². The van der Waals surface area contributed by atoms with Gasteiger partial charge in [0.2, 0.25) is 0 Å². The van der Waals surface area contributed by atoms with Crippen LogP contribution in [0, 0.1) is 0 Å². The molecule has 0 radical (unpaired) electrons. The zero-order valence-electron chi connectivity index (χ0n) is 9.90. The lowest BCUT2D eigenvalue weighted by molar-refractivity contribution is 0.250. The van der Waals surface area contributed by atoms with Crippen LogP contribution in [0.1, 0.15) is 13.8 Å². The fourth-order valence-electron chi connectivity index (χ4n) is 1.63. The molecule has 2 amide bonds. The molecule has 1 aromatic carbocycles. The van der Waals surface area contributed by atoms with Gasteiger partial charge in [0.1, 0.15) is 0 Å². The van der Waals surface area contributed by atoms with E-state index in [4.69, 9.17) is 0 Å². The minimum atomic E-state index is -0.210. The molecule has 0 saturated carbocycles. The molecule has 88 valence electrons. The number of benzene rings is 1. The van der Waals surface area contributed by atoms with Crippen LogP contribution in [0.3, 0.4) is 0 Å². The maximum Gasteiger partial charge on any atom is 0.319 e. The second kappa shape index (κ2) is 4.82. The van der Waals surface area contributed by atoms with Crippen LogP contribution in [0.2, 0.25) is 0 Å². The molecule has 2 aromatic rings. The number of urea groups is 1. The van der Waals surface area contributed by atoms with Gasteiger partial charge in [-0.25, -0.2) is 4.79 Å². The van der Waals surface area contributed by atoms with E-state index < -0.39 is 0 Å². The van der Waals surface area contributed by atoms with E-state index in [9.17, 15) is 4.79 Å². The molecule has 4 nitrogen and oxygen atoms in total. The van der Waals surface area contributed by atoms with Crippen LogP contribution in [-0.4, -0.2) is 17.1 Å². The molecule has 4 heteroatoms. The fraction of sp³-hybridized carbons (Fsp3) is 0.231. The molecule has 1 aromatic heterocycles. The normalized spacial score (nSPS) is 10.5. The van der Waals surface area contributed by atoms with Crippen LogP contribution in [0.4, 0.5) is 10.5 Å². The number of aromatic nitrogens is 1. The zero-order chi connectivity index (χ0) is 12.3. The van der Waals surface area contributed by atoms with Crippen molar-refractivity contribution in [3.05, 3.63) is 36.5 Å². The lowest BCUT2D eigenvalue weighted by Gasteiger charge is -2.11. The van der Waals surface area contributed by atoms with E-state index in [0.29, 0.717) is 0 Å². The van der Waals surface area contributed by atoms with E-state index in [0.717, 1.165) is 16.6 Å². The van der Waals surface area contributed by atoms with Crippen molar-refractivity contribution in [1.82, 2.24) is 10.3 Å². The van der Waals surface area contributed by atoms with Crippen LogP contribution in [0.25, 0.3) is 10.9 Å². The van der Waals surface area contributed by atoms with Gasteiger partial charge in [0.15, 0.2) is 0 Å². The molecule has 0 bridgehead atoms. The first-order valence-electron chi connectivity index (χ1n) is 5.58. The largest absolute Gasteiger partial charge is 0.336 e. The van der Waals surface area contributed by atoms with Crippen molar-refractivity contribution in [1.29, 1.82) is 0 Å². The quantitative estimate of drug-likeness (QED) is 0.832. The summed E-state index contributed by atoms with van der Waals surface area (Å²) >= 11 is 0. The van der Waals surface area contributed by atoms with E-state index in [2.05, 4.69) is 15.6 Å². The Morgan fingerprint density at radius 1 is 1.24 bits per heavy atom. The third kappa shape index (κ3) is 2.72. The Labute approximate surface area is 100 Å². The number of rotatable bonds is 2. The molecular formula is C13H15N3O. The summed E-state index contributed by atoms with van der Waals surface area (Å²) in [5.41, 5.74) is 1.52. The Kier molecular flexibility index (Phi) is 3.23. The lowest BCUT2D eigenvalue weighted by atomic mass is 10.2. The highest BCUT2D eigenvalue weighted by atomic mass is 16.2. The summed E-state index contributed by atoms with van der Waals surface area (Å²) in [7, 11) is 0. The Balaban J connectivity index is 2.27. The van der Waals surface area contributed by atoms with Gasteiger partial charge in [-0.1, -0.05) is 18.2 Å². The third-order valence-electron chi connectivity index (χ3n) is 2.30. The topological polar surface area (TPSA) is 54.0 Å². The molecule has 0 saturated heterocycles. The molecular weight excluding hydrogens is 214 g/mol. The van der Waals surface area contributed by atoms with E-state index >= 15 is 0 Å². The summed E-state index contributed by atoms with van der Waals surface area (Å²) in [6.07, 6.45) is 1.72. The van der Waals surface area contributed by atoms with Crippen LogP contribution >= 0.6 is 0 Å². The van der Waals surface area contributed by atoms with Crippen molar-refractivity contribution in [3.63, 3.8) is 0 Å². The van der Waals surface area contributed by atoms with Crippen LogP contribution in [-0.2, 0) is 0 Å². The minimum absolute atomic E-state index is 0.109. The first-order valence-corrected chi connectivity index (χ1v) is 5.58.